The van der Waals surface area contributed by atoms with Crippen molar-refractivity contribution in [1.82, 2.24) is 19.6 Å². The van der Waals surface area contributed by atoms with Gasteiger partial charge in [0.05, 0.1) is 30.2 Å². The lowest BCUT2D eigenvalue weighted by molar-refractivity contribution is -0.136. The standard InChI is InChI=1S/C30H38N6O3/c1-21(23-7-5-4-6-8-23)17-25(37)35-15-13-30(39,14-16-35)19-36-20-33(2)28-26(29(36)38)32-34(3)27(28)24-11-9-22(18-31)10-12-24/h4-12,21,39H,13-20,31H2,1-3H3/t21-/m1/s1. The summed E-state index contributed by atoms with van der Waals surface area (Å²) in [4.78, 5) is 32.0. The number of aromatic nitrogens is 2. The maximum Gasteiger partial charge on any atom is 0.278 e. The van der Waals surface area contributed by atoms with E-state index in [0.29, 0.717) is 51.3 Å². The number of nitrogens with zero attached hydrogens (tertiary/aromatic N) is 5. The molecule has 0 radical (unpaired) electrons. The maximum absolute atomic E-state index is 13.5. The first-order valence-electron chi connectivity index (χ1n) is 13.6. The highest BCUT2D eigenvalue weighted by atomic mass is 16.3. The summed E-state index contributed by atoms with van der Waals surface area (Å²) >= 11 is 0. The normalized spacial score (nSPS) is 17.8. The van der Waals surface area contributed by atoms with Crippen molar-refractivity contribution in [1.29, 1.82) is 0 Å². The molecule has 0 saturated carbocycles. The van der Waals surface area contributed by atoms with Gasteiger partial charge >= 0.3 is 0 Å². The van der Waals surface area contributed by atoms with Crippen LogP contribution in [0.5, 0.6) is 0 Å². The molecule has 0 aliphatic carbocycles. The lowest BCUT2D eigenvalue weighted by Gasteiger charge is -2.43. The summed E-state index contributed by atoms with van der Waals surface area (Å²) in [6.07, 6.45) is 1.30. The molecule has 1 saturated heterocycles. The largest absolute Gasteiger partial charge is 0.388 e. The number of fused-ring (bicyclic) bond motifs is 1. The molecule has 0 bridgehead atoms. The minimum Gasteiger partial charge on any atom is -0.388 e. The first kappa shape index (κ1) is 26.9. The fourth-order valence-electron chi connectivity index (χ4n) is 5.78. The Kier molecular flexibility index (Phi) is 7.46. The molecule has 0 unspecified atom stereocenters. The first-order valence-corrected chi connectivity index (χ1v) is 13.6. The Hall–Kier alpha value is -3.69. The number of nitrogens with two attached hydrogens (primary N) is 1. The van der Waals surface area contributed by atoms with Crippen molar-refractivity contribution >= 4 is 17.5 Å². The zero-order valence-electron chi connectivity index (χ0n) is 23.0. The van der Waals surface area contributed by atoms with Gasteiger partial charge in [0.1, 0.15) is 0 Å². The lowest BCUT2D eigenvalue weighted by Crippen LogP contribution is -2.56. The molecular formula is C30H38N6O3. The summed E-state index contributed by atoms with van der Waals surface area (Å²) in [5.41, 5.74) is 9.90. The third-order valence-electron chi connectivity index (χ3n) is 8.12. The molecule has 9 nitrogen and oxygen atoms in total. The van der Waals surface area contributed by atoms with Crippen LogP contribution in [0.3, 0.4) is 0 Å². The van der Waals surface area contributed by atoms with Crippen molar-refractivity contribution in [2.24, 2.45) is 12.8 Å². The lowest BCUT2D eigenvalue weighted by atomic mass is 9.89. The summed E-state index contributed by atoms with van der Waals surface area (Å²) in [6, 6.07) is 18.0. The Bertz CT molecular complexity index is 1330. The number of benzene rings is 2. The highest BCUT2D eigenvalue weighted by Crippen LogP contribution is 2.37. The fraction of sp³-hybridized carbons (Fsp3) is 0.433. The third kappa shape index (κ3) is 5.42. The SMILES string of the molecule is C[C@H](CC(=O)N1CCC(O)(CN2CN(C)c3c(nn(C)c3-c3ccc(CN)cc3)C2=O)CC1)c1ccccc1. The van der Waals surface area contributed by atoms with Crippen LogP contribution in [0.15, 0.2) is 54.6 Å². The number of aliphatic hydroxyl groups is 1. The third-order valence-corrected chi connectivity index (χ3v) is 8.12. The van der Waals surface area contributed by atoms with Crippen LogP contribution in [0, 0.1) is 0 Å². The monoisotopic (exact) mass is 530 g/mol. The van der Waals surface area contributed by atoms with Crippen LogP contribution < -0.4 is 10.6 Å². The van der Waals surface area contributed by atoms with E-state index in [2.05, 4.69) is 12.0 Å². The van der Waals surface area contributed by atoms with Crippen molar-refractivity contribution in [2.45, 2.75) is 44.2 Å². The van der Waals surface area contributed by atoms with Gasteiger partial charge in [-0.25, -0.2) is 0 Å². The van der Waals surface area contributed by atoms with E-state index in [1.807, 2.05) is 78.5 Å². The van der Waals surface area contributed by atoms with Gasteiger partial charge in [-0.2, -0.15) is 5.10 Å². The second-order valence-corrected chi connectivity index (χ2v) is 11.0. The first-order chi connectivity index (χ1) is 18.7. The Morgan fingerprint density at radius 1 is 1.08 bits per heavy atom. The van der Waals surface area contributed by atoms with Gasteiger partial charge in [0.25, 0.3) is 5.91 Å². The average Bonchev–Trinajstić information content (AvgIpc) is 3.30. The molecule has 2 aliphatic rings. The van der Waals surface area contributed by atoms with Gasteiger partial charge in [0.2, 0.25) is 5.91 Å². The predicted octanol–water partition coefficient (Wildman–Crippen LogP) is 2.94. The highest BCUT2D eigenvalue weighted by molar-refractivity contribution is 6.03. The number of aryl methyl sites for hydroxylation is 1. The van der Waals surface area contributed by atoms with Crippen LogP contribution in [-0.4, -0.2) is 75.5 Å². The molecule has 206 valence electrons. The molecule has 1 atom stereocenters. The molecule has 2 aromatic carbocycles. The smallest absolute Gasteiger partial charge is 0.278 e. The number of carbonyl (C=O) groups is 2. The Morgan fingerprint density at radius 2 is 1.74 bits per heavy atom. The number of carbonyl (C=O) groups excluding carboxylic acids is 2. The number of β-amino-alcohol motifs (C(OH)–C–C–N with tert-alkyl or cyclic N) is 1. The highest BCUT2D eigenvalue weighted by Gasteiger charge is 2.41. The maximum atomic E-state index is 13.5. The van der Waals surface area contributed by atoms with Gasteiger partial charge < -0.3 is 25.5 Å². The number of anilines is 1. The number of hydrogen-bond acceptors (Lipinski definition) is 6. The quantitative estimate of drug-likeness (QED) is 0.486. The molecule has 1 fully saturated rings. The minimum absolute atomic E-state index is 0.104. The average molecular weight is 531 g/mol. The van der Waals surface area contributed by atoms with Crippen molar-refractivity contribution in [3.63, 3.8) is 0 Å². The van der Waals surface area contributed by atoms with Gasteiger partial charge in [-0.05, 0) is 29.9 Å². The molecule has 3 heterocycles. The summed E-state index contributed by atoms with van der Waals surface area (Å²) in [6.45, 7) is 4.05. The van der Waals surface area contributed by atoms with E-state index in [9.17, 15) is 14.7 Å². The zero-order chi connectivity index (χ0) is 27.7. The van der Waals surface area contributed by atoms with Crippen LogP contribution in [0.1, 0.15) is 53.7 Å². The van der Waals surface area contributed by atoms with Gasteiger partial charge in [-0.1, -0.05) is 61.5 Å². The number of piperidine rings is 1. The molecule has 9 heteroatoms. The Balaban J connectivity index is 1.24. The Morgan fingerprint density at radius 3 is 2.38 bits per heavy atom. The summed E-state index contributed by atoms with van der Waals surface area (Å²) in [5, 5.41) is 16.0. The Labute approximate surface area is 229 Å². The van der Waals surface area contributed by atoms with E-state index >= 15 is 0 Å². The number of hydrogen-bond donors (Lipinski definition) is 2. The van der Waals surface area contributed by atoms with Crippen LogP contribution in [0.25, 0.3) is 11.3 Å². The molecule has 1 aromatic heterocycles. The van der Waals surface area contributed by atoms with E-state index in [-0.39, 0.29) is 24.3 Å². The molecule has 2 aliphatic heterocycles. The molecule has 5 rings (SSSR count). The zero-order valence-corrected chi connectivity index (χ0v) is 23.0. The summed E-state index contributed by atoms with van der Waals surface area (Å²) in [5.74, 6) is 0.0524. The van der Waals surface area contributed by atoms with Gasteiger partial charge in [0.15, 0.2) is 5.69 Å². The summed E-state index contributed by atoms with van der Waals surface area (Å²) < 4.78 is 1.75. The molecule has 3 N–H and O–H groups in total. The molecule has 2 amide bonds. The van der Waals surface area contributed by atoms with Crippen molar-refractivity contribution in [2.75, 3.05) is 38.3 Å². The number of likely N-dealkylation sites (tertiary alicyclic amines) is 1. The predicted molar refractivity (Wildman–Crippen MR) is 151 cm³/mol. The fourth-order valence-corrected chi connectivity index (χ4v) is 5.78. The molecule has 39 heavy (non-hydrogen) atoms. The van der Waals surface area contributed by atoms with Crippen molar-refractivity contribution in [3.8, 4) is 11.3 Å². The van der Waals surface area contributed by atoms with Crippen LogP contribution in [0.4, 0.5) is 5.69 Å². The molecule has 3 aromatic rings. The second-order valence-electron chi connectivity index (χ2n) is 11.0. The minimum atomic E-state index is -1.05. The van der Waals surface area contributed by atoms with E-state index in [4.69, 9.17) is 5.73 Å². The molecule has 0 spiro atoms. The number of rotatable bonds is 7. The van der Waals surface area contributed by atoms with Gasteiger partial charge in [0, 0.05) is 45.7 Å². The van der Waals surface area contributed by atoms with E-state index in [0.717, 1.165) is 28.1 Å². The topological polar surface area (TPSA) is 108 Å². The van der Waals surface area contributed by atoms with E-state index < -0.39 is 5.60 Å². The van der Waals surface area contributed by atoms with Crippen LogP contribution in [0.2, 0.25) is 0 Å². The van der Waals surface area contributed by atoms with Crippen LogP contribution >= 0.6 is 0 Å². The van der Waals surface area contributed by atoms with Gasteiger partial charge in [-0.3, -0.25) is 14.3 Å². The molecular weight excluding hydrogens is 492 g/mol. The number of amides is 2. The van der Waals surface area contributed by atoms with Gasteiger partial charge in [-0.15, -0.1) is 0 Å². The van der Waals surface area contributed by atoms with Crippen molar-refractivity contribution < 1.29 is 14.7 Å². The summed E-state index contributed by atoms with van der Waals surface area (Å²) in [7, 11) is 3.78. The van der Waals surface area contributed by atoms with E-state index in [1.165, 1.54) is 0 Å². The van der Waals surface area contributed by atoms with Crippen LogP contribution in [-0.2, 0) is 18.4 Å². The van der Waals surface area contributed by atoms with Crippen molar-refractivity contribution in [3.05, 3.63) is 71.4 Å². The second kappa shape index (κ2) is 10.8. The van der Waals surface area contributed by atoms with E-state index in [1.54, 1.807) is 9.58 Å².